The highest BCUT2D eigenvalue weighted by Gasteiger charge is 2.32. The Morgan fingerprint density at radius 1 is 1.80 bits per heavy atom. The third kappa shape index (κ3) is 1.48. The van der Waals surface area contributed by atoms with Crippen molar-refractivity contribution in [2.45, 2.75) is 32.1 Å². The van der Waals surface area contributed by atoms with Crippen LogP contribution in [0.15, 0.2) is 0 Å². The van der Waals surface area contributed by atoms with E-state index >= 15 is 0 Å². The maximum absolute atomic E-state index is 8.73. The number of rotatable bonds is 2. The highest BCUT2D eigenvalue weighted by atomic mass is 16.5. The Morgan fingerprint density at radius 3 is 2.80 bits per heavy atom. The molecule has 2 atom stereocenters. The van der Waals surface area contributed by atoms with Gasteiger partial charge in [0.05, 0.1) is 12.7 Å². The molecule has 0 bridgehead atoms. The highest BCUT2D eigenvalue weighted by molar-refractivity contribution is 4.81. The number of ether oxygens (including phenoxy) is 1. The molecule has 2 unspecified atom stereocenters. The van der Waals surface area contributed by atoms with Crippen LogP contribution < -0.4 is 5.32 Å². The molecule has 0 aromatic rings. The summed E-state index contributed by atoms with van der Waals surface area (Å²) in [5.41, 5.74) is -0.201. The van der Waals surface area contributed by atoms with Gasteiger partial charge >= 0.3 is 0 Å². The van der Waals surface area contributed by atoms with Crippen molar-refractivity contribution in [3.63, 3.8) is 0 Å². The van der Waals surface area contributed by atoms with Crippen LogP contribution in [0.3, 0.4) is 0 Å². The summed E-state index contributed by atoms with van der Waals surface area (Å²) in [5.74, 6) is 0. The highest BCUT2D eigenvalue weighted by Crippen LogP contribution is 2.19. The average molecular weight is 145 g/mol. The maximum Gasteiger partial charge on any atom is 0.116 e. The molecule has 1 rings (SSSR count). The predicted molar refractivity (Wildman–Crippen MR) is 38.7 cm³/mol. The lowest BCUT2D eigenvalue weighted by Gasteiger charge is -2.21. The van der Waals surface area contributed by atoms with E-state index in [1.165, 1.54) is 0 Å². The normalized spacial score (nSPS) is 40.5. The molecule has 60 valence electrons. The second-order valence-corrected chi connectivity index (χ2v) is 2.89. The van der Waals surface area contributed by atoms with Crippen molar-refractivity contribution in [1.82, 2.24) is 5.32 Å². The lowest BCUT2D eigenvalue weighted by atomic mass is 10.2. The van der Waals surface area contributed by atoms with Crippen molar-refractivity contribution < 1.29 is 9.84 Å². The maximum atomic E-state index is 8.73. The van der Waals surface area contributed by atoms with E-state index in [1.807, 2.05) is 6.92 Å². The first-order valence-corrected chi connectivity index (χ1v) is 3.74. The SMILES string of the molecule is CCC1(C)NCC(CO)O1. The van der Waals surface area contributed by atoms with Gasteiger partial charge in [0.15, 0.2) is 0 Å². The fraction of sp³-hybridized carbons (Fsp3) is 1.00. The molecule has 2 N–H and O–H groups in total. The number of aliphatic hydroxyl groups excluding tert-OH is 1. The van der Waals surface area contributed by atoms with Gasteiger partial charge in [-0.15, -0.1) is 0 Å². The van der Waals surface area contributed by atoms with Crippen molar-refractivity contribution in [1.29, 1.82) is 0 Å². The minimum atomic E-state index is -0.201. The molecule has 0 aliphatic carbocycles. The van der Waals surface area contributed by atoms with Crippen LogP contribution in [0.4, 0.5) is 0 Å². The second-order valence-electron chi connectivity index (χ2n) is 2.89. The summed E-state index contributed by atoms with van der Waals surface area (Å²) >= 11 is 0. The molecule has 1 saturated heterocycles. The fourth-order valence-corrected chi connectivity index (χ4v) is 1.09. The average Bonchev–Trinajstić information content (AvgIpc) is 2.33. The minimum Gasteiger partial charge on any atom is -0.394 e. The summed E-state index contributed by atoms with van der Waals surface area (Å²) in [7, 11) is 0. The molecule has 1 fully saturated rings. The van der Waals surface area contributed by atoms with Gasteiger partial charge < -0.3 is 9.84 Å². The molecule has 1 aliphatic rings. The number of hydrogen-bond acceptors (Lipinski definition) is 3. The Morgan fingerprint density at radius 2 is 2.50 bits per heavy atom. The monoisotopic (exact) mass is 145 g/mol. The molecular formula is C7H15NO2. The van der Waals surface area contributed by atoms with Gasteiger partial charge in [-0.3, -0.25) is 5.32 Å². The predicted octanol–water partition coefficient (Wildman–Crippen LogP) is 0.0933. The number of hydrogen-bond donors (Lipinski definition) is 2. The van der Waals surface area contributed by atoms with Crippen LogP contribution in [0, 0.1) is 0 Å². The van der Waals surface area contributed by atoms with E-state index in [1.54, 1.807) is 0 Å². The third-order valence-electron chi connectivity index (χ3n) is 2.01. The van der Waals surface area contributed by atoms with Crippen LogP contribution in [0.25, 0.3) is 0 Å². The fourth-order valence-electron chi connectivity index (χ4n) is 1.09. The second kappa shape index (κ2) is 2.86. The largest absolute Gasteiger partial charge is 0.394 e. The number of nitrogens with one attached hydrogen (secondary N) is 1. The van der Waals surface area contributed by atoms with Gasteiger partial charge in [0.25, 0.3) is 0 Å². The summed E-state index contributed by atoms with van der Waals surface area (Å²) in [6.45, 7) is 4.94. The summed E-state index contributed by atoms with van der Waals surface area (Å²) in [5, 5.41) is 11.9. The Balaban J connectivity index is 2.41. The van der Waals surface area contributed by atoms with Crippen molar-refractivity contribution in [2.75, 3.05) is 13.2 Å². The van der Waals surface area contributed by atoms with Gasteiger partial charge in [0.1, 0.15) is 5.72 Å². The summed E-state index contributed by atoms with van der Waals surface area (Å²) in [6, 6.07) is 0. The van der Waals surface area contributed by atoms with Gasteiger partial charge in [0.2, 0.25) is 0 Å². The Hall–Kier alpha value is -0.120. The van der Waals surface area contributed by atoms with Crippen LogP contribution in [0.5, 0.6) is 0 Å². The van der Waals surface area contributed by atoms with Crippen LogP contribution in [-0.2, 0) is 4.74 Å². The third-order valence-corrected chi connectivity index (χ3v) is 2.01. The molecule has 0 amide bonds. The first-order valence-electron chi connectivity index (χ1n) is 3.74. The summed E-state index contributed by atoms with van der Waals surface area (Å²) in [6.07, 6.45) is 0.925. The van der Waals surface area contributed by atoms with E-state index in [2.05, 4.69) is 12.2 Å². The van der Waals surface area contributed by atoms with E-state index in [-0.39, 0.29) is 18.4 Å². The van der Waals surface area contributed by atoms with Crippen molar-refractivity contribution in [2.24, 2.45) is 0 Å². The first-order chi connectivity index (χ1) is 4.70. The molecule has 0 saturated carbocycles. The molecule has 1 aliphatic heterocycles. The van der Waals surface area contributed by atoms with E-state index < -0.39 is 0 Å². The molecular weight excluding hydrogens is 130 g/mol. The molecule has 0 radical (unpaired) electrons. The van der Waals surface area contributed by atoms with Gasteiger partial charge in [0, 0.05) is 6.54 Å². The molecule has 3 nitrogen and oxygen atoms in total. The molecule has 1 heterocycles. The zero-order valence-corrected chi connectivity index (χ0v) is 6.55. The Kier molecular flexibility index (Phi) is 2.28. The Bertz CT molecular complexity index is 118. The van der Waals surface area contributed by atoms with Crippen molar-refractivity contribution >= 4 is 0 Å². The molecule has 3 heteroatoms. The molecule has 0 aromatic carbocycles. The summed E-state index contributed by atoms with van der Waals surface area (Å²) in [4.78, 5) is 0. The standard InChI is InChI=1S/C7H15NO2/c1-3-7(2)8-4-6(5-9)10-7/h6,8-9H,3-5H2,1-2H3. The topological polar surface area (TPSA) is 41.5 Å². The van der Waals surface area contributed by atoms with Crippen molar-refractivity contribution in [3.05, 3.63) is 0 Å². The van der Waals surface area contributed by atoms with E-state index in [4.69, 9.17) is 9.84 Å². The lowest BCUT2D eigenvalue weighted by molar-refractivity contribution is -0.0560. The van der Waals surface area contributed by atoms with Gasteiger partial charge in [-0.25, -0.2) is 0 Å². The quantitative estimate of drug-likeness (QED) is 0.578. The lowest BCUT2D eigenvalue weighted by Crippen LogP contribution is -2.36. The molecule has 0 spiro atoms. The molecule has 0 aromatic heterocycles. The number of aliphatic hydroxyl groups is 1. The smallest absolute Gasteiger partial charge is 0.116 e. The van der Waals surface area contributed by atoms with Crippen LogP contribution >= 0.6 is 0 Å². The van der Waals surface area contributed by atoms with Crippen LogP contribution in [0.2, 0.25) is 0 Å². The zero-order valence-electron chi connectivity index (χ0n) is 6.55. The van der Waals surface area contributed by atoms with E-state index in [0.29, 0.717) is 0 Å². The zero-order chi connectivity index (χ0) is 7.61. The van der Waals surface area contributed by atoms with Gasteiger partial charge in [-0.2, -0.15) is 0 Å². The van der Waals surface area contributed by atoms with E-state index in [0.717, 1.165) is 13.0 Å². The van der Waals surface area contributed by atoms with Crippen molar-refractivity contribution in [3.8, 4) is 0 Å². The van der Waals surface area contributed by atoms with Crippen LogP contribution in [0.1, 0.15) is 20.3 Å². The van der Waals surface area contributed by atoms with Gasteiger partial charge in [-0.05, 0) is 13.3 Å². The first kappa shape index (κ1) is 7.98. The summed E-state index contributed by atoms with van der Waals surface area (Å²) < 4.78 is 5.49. The van der Waals surface area contributed by atoms with E-state index in [9.17, 15) is 0 Å². The Labute approximate surface area is 61.4 Å². The van der Waals surface area contributed by atoms with Gasteiger partial charge in [-0.1, -0.05) is 6.92 Å². The minimum absolute atomic E-state index is 0.00931. The van der Waals surface area contributed by atoms with Crippen LogP contribution in [-0.4, -0.2) is 30.1 Å². The molecule has 10 heavy (non-hydrogen) atoms.